The zero-order valence-corrected chi connectivity index (χ0v) is 16.1. The Morgan fingerprint density at radius 2 is 1.60 bits per heavy atom. The predicted octanol–water partition coefficient (Wildman–Crippen LogP) is 2.64. The Labute approximate surface area is 151 Å². The van der Waals surface area contributed by atoms with E-state index in [0.29, 0.717) is 18.4 Å². The minimum Gasteiger partial charge on any atom is -0.346 e. The summed E-state index contributed by atoms with van der Waals surface area (Å²) in [4.78, 5) is 26.5. The normalized spacial score (nSPS) is 21.0. The summed E-state index contributed by atoms with van der Waals surface area (Å²) >= 11 is 0. The summed E-state index contributed by atoms with van der Waals surface area (Å²) in [5.74, 6) is 0.956. The van der Waals surface area contributed by atoms with Crippen molar-refractivity contribution in [3.05, 3.63) is 28.8 Å². The molecular weight excluding hydrogens is 314 g/mol. The van der Waals surface area contributed by atoms with Crippen molar-refractivity contribution in [2.45, 2.75) is 41.0 Å². The van der Waals surface area contributed by atoms with Gasteiger partial charge in [0.15, 0.2) is 0 Å². The summed E-state index contributed by atoms with van der Waals surface area (Å²) in [5, 5.41) is 5.65. The first-order valence-corrected chi connectivity index (χ1v) is 9.11. The summed E-state index contributed by atoms with van der Waals surface area (Å²) in [6.45, 7) is 12.7. The van der Waals surface area contributed by atoms with Crippen LogP contribution in [0.1, 0.15) is 37.0 Å². The molecule has 1 aliphatic rings. The van der Waals surface area contributed by atoms with Crippen LogP contribution in [0.25, 0.3) is 0 Å². The molecule has 5 heteroatoms. The van der Waals surface area contributed by atoms with Gasteiger partial charge in [0.1, 0.15) is 0 Å². The Balaban J connectivity index is 1.81. The number of carbonyl (C=O) groups excluding carboxylic acids is 2. The molecule has 0 radical (unpaired) electrons. The van der Waals surface area contributed by atoms with Crippen molar-refractivity contribution in [2.24, 2.45) is 11.8 Å². The van der Waals surface area contributed by atoms with Gasteiger partial charge in [-0.3, -0.25) is 14.5 Å². The number of hydrogen-bond donors (Lipinski definition) is 2. The molecule has 2 rings (SSSR count). The van der Waals surface area contributed by atoms with E-state index >= 15 is 0 Å². The average molecular weight is 345 g/mol. The highest BCUT2D eigenvalue weighted by Gasteiger charge is 2.23. The molecule has 1 heterocycles. The van der Waals surface area contributed by atoms with Gasteiger partial charge in [-0.2, -0.15) is 0 Å². The Morgan fingerprint density at radius 3 is 2.16 bits per heavy atom. The van der Waals surface area contributed by atoms with Gasteiger partial charge in [0, 0.05) is 18.8 Å². The minimum absolute atomic E-state index is 0.00450. The maximum atomic E-state index is 12.2. The van der Waals surface area contributed by atoms with Gasteiger partial charge in [0.05, 0.1) is 13.1 Å². The molecule has 2 N–H and O–H groups in total. The fourth-order valence-electron chi connectivity index (χ4n) is 3.92. The third-order valence-corrected chi connectivity index (χ3v) is 4.70. The van der Waals surface area contributed by atoms with Crippen LogP contribution in [0.4, 0.5) is 5.69 Å². The Hall–Kier alpha value is -1.88. The van der Waals surface area contributed by atoms with Crippen LogP contribution in [-0.4, -0.2) is 42.9 Å². The van der Waals surface area contributed by atoms with Crippen molar-refractivity contribution in [1.82, 2.24) is 10.2 Å². The van der Waals surface area contributed by atoms with Crippen molar-refractivity contribution in [2.75, 3.05) is 31.5 Å². The lowest BCUT2D eigenvalue weighted by molar-refractivity contribution is -0.125. The maximum absolute atomic E-state index is 12.2. The first-order chi connectivity index (χ1) is 11.7. The summed E-state index contributed by atoms with van der Waals surface area (Å²) in [6.07, 6.45) is 1.22. The van der Waals surface area contributed by atoms with Gasteiger partial charge in [-0.15, -0.1) is 0 Å². The largest absolute Gasteiger partial charge is 0.346 e. The van der Waals surface area contributed by atoms with E-state index < -0.39 is 0 Å². The fraction of sp³-hybridized carbons (Fsp3) is 0.600. The highest BCUT2D eigenvalue weighted by atomic mass is 16.2. The van der Waals surface area contributed by atoms with Gasteiger partial charge in [-0.05, 0) is 50.2 Å². The Kier molecular flexibility index (Phi) is 6.59. The predicted molar refractivity (Wildman–Crippen MR) is 102 cm³/mol. The molecule has 25 heavy (non-hydrogen) atoms. The van der Waals surface area contributed by atoms with Gasteiger partial charge >= 0.3 is 0 Å². The standard InChI is InChI=1S/C20H31N3O2/c1-13-7-16(4)20(17(5)8-13)22-18(24)9-21-19(25)12-23-10-14(2)6-15(3)11-23/h7-8,14-15H,6,9-12H2,1-5H3,(H,21,25)(H,22,24). The second kappa shape index (κ2) is 8.48. The van der Waals surface area contributed by atoms with Gasteiger partial charge in [0.25, 0.3) is 0 Å². The van der Waals surface area contributed by atoms with Crippen molar-refractivity contribution < 1.29 is 9.59 Å². The molecule has 1 fully saturated rings. The van der Waals surface area contributed by atoms with Crippen molar-refractivity contribution in [3.8, 4) is 0 Å². The van der Waals surface area contributed by atoms with Gasteiger partial charge < -0.3 is 10.6 Å². The average Bonchev–Trinajstić information content (AvgIpc) is 2.47. The van der Waals surface area contributed by atoms with Crippen molar-refractivity contribution in [3.63, 3.8) is 0 Å². The van der Waals surface area contributed by atoms with Gasteiger partial charge in [0.2, 0.25) is 11.8 Å². The lowest BCUT2D eigenvalue weighted by atomic mass is 9.92. The van der Waals surface area contributed by atoms with Crippen LogP contribution in [0, 0.1) is 32.6 Å². The number of anilines is 1. The Morgan fingerprint density at radius 1 is 1.04 bits per heavy atom. The molecule has 0 bridgehead atoms. The molecule has 2 atom stereocenters. The number of benzene rings is 1. The lowest BCUT2D eigenvalue weighted by Gasteiger charge is -2.34. The van der Waals surface area contributed by atoms with E-state index in [1.54, 1.807) is 0 Å². The molecule has 0 aromatic heterocycles. The number of hydrogen-bond acceptors (Lipinski definition) is 3. The van der Waals surface area contributed by atoms with Crippen molar-refractivity contribution in [1.29, 1.82) is 0 Å². The third-order valence-electron chi connectivity index (χ3n) is 4.70. The van der Waals surface area contributed by atoms with E-state index in [4.69, 9.17) is 0 Å². The number of piperidine rings is 1. The van der Waals surface area contributed by atoms with Crippen LogP contribution in [0.3, 0.4) is 0 Å². The highest BCUT2D eigenvalue weighted by molar-refractivity contribution is 5.96. The molecule has 1 saturated heterocycles. The molecule has 1 aliphatic heterocycles. The van der Waals surface area contributed by atoms with Crippen LogP contribution in [-0.2, 0) is 9.59 Å². The summed E-state index contributed by atoms with van der Waals surface area (Å²) in [5.41, 5.74) is 4.08. The second-order valence-electron chi connectivity index (χ2n) is 7.74. The number of nitrogens with zero attached hydrogens (tertiary/aromatic N) is 1. The zero-order chi connectivity index (χ0) is 18.6. The number of rotatable bonds is 5. The first kappa shape index (κ1) is 19.4. The SMILES string of the molecule is Cc1cc(C)c(NC(=O)CNC(=O)CN2CC(C)CC(C)C2)c(C)c1. The monoisotopic (exact) mass is 345 g/mol. The lowest BCUT2D eigenvalue weighted by Crippen LogP contribution is -2.45. The number of aryl methyl sites for hydroxylation is 3. The van der Waals surface area contributed by atoms with Gasteiger partial charge in [-0.1, -0.05) is 31.5 Å². The quantitative estimate of drug-likeness (QED) is 0.862. The smallest absolute Gasteiger partial charge is 0.243 e. The third kappa shape index (κ3) is 5.85. The van der Waals surface area contributed by atoms with E-state index in [1.165, 1.54) is 12.0 Å². The molecule has 0 aliphatic carbocycles. The van der Waals surface area contributed by atoms with E-state index in [0.717, 1.165) is 29.9 Å². The number of carbonyl (C=O) groups is 2. The summed E-state index contributed by atoms with van der Waals surface area (Å²) < 4.78 is 0. The number of likely N-dealkylation sites (tertiary alicyclic amines) is 1. The number of amides is 2. The fourth-order valence-corrected chi connectivity index (χ4v) is 3.92. The maximum Gasteiger partial charge on any atom is 0.243 e. The molecule has 138 valence electrons. The van der Waals surface area contributed by atoms with E-state index in [1.807, 2.05) is 32.9 Å². The molecule has 5 nitrogen and oxygen atoms in total. The molecule has 1 aromatic rings. The second-order valence-corrected chi connectivity index (χ2v) is 7.74. The van der Waals surface area contributed by atoms with Crippen molar-refractivity contribution >= 4 is 17.5 Å². The Bertz CT molecular complexity index is 609. The summed E-state index contributed by atoms with van der Waals surface area (Å²) in [6, 6.07) is 4.08. The molecule has 2 amide bonds. The molecule has 1 aromatic carbocycles. The molecular formula is C20H31N3O2. The van der Waals surface area contributed by atoms with Crippen LogP contribution < -0.4 is 10.6 Å². The van der Waals surface area contributed by atoms with Crippen LogP contribution in [0.15, 0.2) is 12.1 Å². The van der Waals surface area contributed by atoms with Gasteiger partial charge in [-0.25, -0.2) is 0 Å². The van der Waals surface area contributed by atoms with E-state index in [9.17, 15) is 9.59 Å². The van der Waals surface area contributed by atoms with Crippen LogP contribution in [0.5, 0.6) is 0 Å². The highest BCUT2D eigenvalue weighted by Crippen LogP contribution is 2.22. The van der Waals surface area contributed by atoms with Crippen LogP contribution in [0.2, 0.25) is 0 Å². The number of nitrogens with one attached hydrogen (secondary N) is 2. The molecule has 0 spiro atoms. The topological polar surface area (TPSA) is 61.4 Å². The van der Waals surface area contributed by atoms with E-state index in [-0.39, 0.29) is 18.4 Å². The van der Waals surface area contributed by atoms with Crippen LogP contribution >= 0.6 is 0 Å². The zero-order valence-electron chi connectivity index (χ0n) is 16.1. The van der Waals surface area contributed by atoms with E-state index in [2.05, 4.69) is 29.4 Å². The minimum atomic E-state index is -0.191. The first-order valence-electron chi connectivity index (χ1n) is 9.11. The molecule has 0 saturated carbocycles. The summed E-state index contributed by atoms with van der Waals surface area (Å²) in [7, 11) is 0. The molecule has 2 unspecified atom stereocenters.